The number of alkyl halides is 3. The lowest BCUT2D eigenvalue weighted by Gasteiger charge is -2.17. The highest BCUT2D eigenvalue weighted by atomic mass is 19.4. The average molecular weight is 367 g/mol. The number of carbonyl (C=O) groups is 1. The maximum atomic E-state index is 12.8. The molecule has 8 heteroatoms. The Morgan fingerprint density at radius 2 is 1.88 bits per heavy atom. The van der Waals surface area contributed by atoms with Gasteiger partial charge in [0, 0.05) is 13.1 Å². The van der Waals surface area contributed by atoms with Crippen molar-refractivity contribution in [2.24, 2.45) is 0 Å². The second-order valence-electron chi connectivity index (χ2n) is 5.90. The van der Waals surface area contributed by atoms with Crippen LogP contribution in [0.1, 0.15) is 28.0 Å². The number of halogens is 3. The van der Waals surface area contributed by atoms with E-state index in [2.05, 4.69) is 15.2 Å². The summed E-state index contributed by atoms with van der Waals surface area (Å²) in [6, 6.07) is 11.5. The number of hydrogen-bond acceptors (Lipinski definition) is 4. The molecule has 5 nitrogen and oxygen atoms in total. The molecule has 0 aliphatic carbocycles. The van der Waals surface area contributed by atoms with Gasteiger partial charge in [-0.3, -0.25) is 0 Å². The zero-order chi connectivity index (χ0) is 19.2. The van der Waals surface area contributed by atoms with E-state index < -0.39 is 17.8 Å². The topological polar surface area (TPSA) is 65.5 Å². The molecule has 2 rings (SSSR count). The number of nitrogens with zero attached hydrogens (tertiary/aromatic N) is 2. The Kier molecular flexibility index (Phi) is 6.57. The monoisotopic (exact) mass is 367 g/mol. The number of carboxylic acids is 1. The predicted octanol–water partition coefficient (Wildman–Crippen LogP) is 3.73. The van der Waals surface area contributed by atoms with Gasteiger partial charge in [0.2, 0.25) is 0 Å². The minimum Gasteiger partial charge on any atom is -0.478 e. The molecule has 0 atom stereocenters. The molecule has 1 aromatic heterocycles. The van der Waals surface area contributed by atoms with Crippen molar-refractivity contribution in [2.75, 3.05) is 25.5 Å². The molecule has 0 saturated carbocycles. The van der Waals surface area contributed by atoms with E-state index in [4.69, 9.17) is 5.11 Å². The van der Waals surface area contributed by atoms with E-state index in [1.807, 2.05) is 37.4 Å². The van der Waals surface area contributed by atoms with Gasteiger partial charge in [-0.05, 0) is 37.7 Å². The summed E-state index contributed by atoms with van der Waals surface area (Å²) in [6.45, 7) is 1.76. The van der Waals surface area contributed by atoms with Crippen LogP contribution < -0.4 is 5.32 Å². The highest BCUT2D eigenvalue weighted by Gasteiger charge is 2.33. The number of hydrogen-bond donors (Lipinski definition) is 2. The summed E-state index contributed by atoms with van der Waals surface area (Å²) in [6.07, 6.45) is -4.00. The fourth-order valence-corrected chi connectivity index (χ4v) is 2.45. The van der Waals surface area contributed by atoms with Crippen molar-refractivity contribution < 1.29 is 23.1 Å². The third-order valence-electron chi connectivity index (χ3n) is 3.72. The molecule has 2 N–H and O–H groups in total. The minimum absolute atomic E-state index is 0.266. The summed E-state index contributed by atoms with van der Waals surface area (Å²) in [5.74, 6) is -1.59. The highest BCUT2D eigenvalue weighted by Crippen LogP contribution is 2.29. The Bertz CT molecular complexity index is 736. The van der Waals surface area contributed by atoms with E-state index in [-0.39, 0.29) is 11.4 Å². The van der Waals surface area contributed by atoms with Gasteiger partial charge < -0.3 is 15.3 Å². The SMILES string of the molecule is CN(CCCNc1nc(C(F)(F)F)ccc1C(=O)O)Cc1ccccc1. The fraction of sp³-hybridized carbons (Fsp3) is 0.333. The largest absolute Gasteiger partial charge is 0.478 e. The standard InChI is InChI=1S/C18H20F3N3O2/c1-24(12-13-6-3-2-4-7-13)11-5-10-22-16-14(17(25)26)8-9-15(23-16)18(19,20)21/h2-4,6-9H,5,10-12H2,1H3,(H,22,23)(H,25,26). The molecule has 2 aromatic rings. The summed E-state index contributed by atoms with van der Waals surface area (Å²) in [5.41, 5.74) is -0.238. The van der Waals surface area contributed by atoms with Gasteiger partial charge in [-0.2, -0.15) is 13.2 Å². The van der Waals surface area contributed by atoms with Crippen LogP contribution in [-0.4, -0.2) is 41.1 Å². The van der Waals surface area contributed by atoms with E-state index in [9.17, 15) is 18.0 Å². The molecule has 0 spiro atoms. The summed E-state index contributed by atoms with van der Waals surface area (Å²) < 4.78 is 38.3. The normalized spacial score (nSPS) is 11.6. The van der Waals surface area contributed by atoms with Crippen LogP contribution in [0.3, 0.4) is 0 Å². The van der Waals surface area contributed by atoms with Crippen LogP contribution in [0.15, 0.2) is 42.5 Å². The van der Waals surface area contributed by atoms with Crippen molar-refractivity contribution in [3.05, 3.63) is 59.3 Å². The van der Waals surface area contributed by atoms with Gasteiger partial charge in [0.1, 0.15) is 17.1 Å². The Hall–Kier alpha value is -2.61. The van der Waals surface area contributed by atoms with Crippen LogP contribution >= 0.6 is 0 Å². The van der Waals surface area contributed by atoms with Gasteiger partial charge in [-0.15, -0.1) is 0 Å². The lowest BCUT2D eigenvalue weighted by molar-refractivity contribution is -0.141. The van der Waals surface area contributed by atoms with Gasteiger partial charge in [0.25, 0.3) is 0 Å². The summed E-state index contributed by atoms with van der Waals surface area (Å²) in [4.78, 5) is 16.7. The molecule has 0 radical (unpaired) electrons. The molecular weight excluding hydrogens is 347 g/mol. The Morgan fingerprint density at radius 3 is 2.50 bits per heavy atom. The molecule has 0 bridgehead atoms. The molecule has 0 fully saturated rings. The Labute approximate surface area is 149 Å². The van der Waals surface area contributed by atoms with E-state index >= 15 is 0 Å². The van der Waals surface area contributed by atoms with Crippen LogP contribution in [0.5, 0.6) is 0 Å². The number of aromatic carboxylic acids is 1. The van der Waals surface area contributed by atoms with Crippen molar-refractivity contribution in [1.82, 2.24) is 9.88 Å². The lowest BCUT2D eigenvalue weighted by Crippen LogP contribution is -2.22. The van der Waals surface area contributed by atoms with E-state index in [1.54, 1.807) is 0 Å². The summed E-state index contributed by atoms with van der Waals surface area (Å²) >= 11 is 0. The quantitative estimate of drug-likeness (QED) is 0.696. The number of carboxylic acid groups (broad SMARTS) is 1. The third kappa shape index (κ3) is 5.73. The summed E-state index contributed by atoms with van der Waals surface area (Å²) in [5, 5.41) is 11.8. The van der Waals surface area contributed by atoms with Crippen molar-refractivity contribution in [3.63, 3.8) is 0 Å². The minimum atomic E-state index is -4.62. The first-order valence-electron chi connectivity index (χ1n) is 8.05. The molecule has 26 heavy (non-hydrogen) atoms. The smallest absolute Gasteiger partial charge is 0.433 e. The van der Waals surface area contributed by atoms with Gasteiger partial charge >= 0.3 is 12.1 Å². The molecule has 1 aromatic carbocycles. The van der Waals surface area contributed by atoms with Crippen molar-refractivity contribution >= 4 is 11.8 Å². The highest BCUT2D eigenvalue weighted by molar-refractivity contribution is 5.93. The zero-order valence-electron chi connectivity index (χ0n) is 14.3. The maximum absolute atomic E-state index is 12.8. The number of pyridine rings is 1. The molecule has 0 amide bonds. The average Bonchev–Trinajstić information content (AvgIpc) is 2.58. The van der Waals surface area contributed by atoms with Gasteiger partial charge in [0.05, 0.1) is 0 Å². The predicted molar refractivity (Wildman–Crippen MR) is 92.1 cm³/mol. The second kappa shape index (κ2) is 8.66. The second-order valence-corrected chi connectivity index (χ2v) is 5.90. The first-order chi connectivity index (χ1) is 12.3. The maximum Gasteiger partial charge on any atom is 0.433 e. The molecule has 0 aliphatic heterocycles. The van der Waals surface area contributed by atoms with Crippen LogP contribution in [0.4, 0.5) is 19.0 Å². The molecular formula is C18H20F3N3O2. The number of nitrogens with one attached hydrogen (secondary N) is 1. The number of anilines is 1. The molecule has 0 aliphatic rings. The molecule has 0 unspecified atom stereocenters. The van der Waals surface area contributed by atoms with Crippen LogP contribution in [0, 0.1) is 0 Å². The van der Waals surface area contributed by atoms with Crippen LogP contribution in [0.2, 0.25) is 0 Å². The molecule has 1 heterocycles. The Morgan fingerprint density at radius 1 is 1.19 bits per heavy atom. The fourth-order valence-electron chi connectivity index (χ4n) is 2.45. The van der Waals surface area contributed by atoms with E-state index in [0.717, 1.165) is 18.2 Å². The van der Waals surface area contributed by atoms with Crippen molar-refractivity contribution in [3.8, 4) is 0 Å². The molecule has 0 saturated heterocycles. The van der Waals surface area contributed by atoms with Crippen molar-refractivity contribution in [1.29, 1.82) is 0 Å². The van der Waals surface area contributed by atoms with E-state index in [0.29, 0.717) is 25.6 Å². The van der Waals surface area contributed by atoms with Gasteiger partial charge in [-0.25, -0.2) is 9.78 Å². The zero-order valence-corrected chi connectivity index (χ0v) is 14.3. The molecule has 140 valence electrons. The van der Waals surface area contributed by atoms with E-state index in [1.165, 1.54) is 0 Å². The van der Waals surface area contributed by atoms with Crippen molar-refractivity contribution in [2.45, 2.75) is 19.1 Å². The third-order valence-corrected chi connectivity index (χ3v) is 3.72. The summed E-state index contributed by atoms with van der Waals surface area (Å²) in [7, 11) is 1.94. The number of benzene rings is 1. The first-order valence-corrected chi connectivity index (χ1v) is 8.05. The first kappa shape index (κ1) is 19.7. The van der Waals surface area contributed by atoms with Crippen LogP contribution in [0.25, 0.3) is 0 Å². The number of rotatable bonds is 8. The number of aromatic nitrogens is 1. The van der Waals surface area contributed by atoms with Gasteiger partial charge in [-0.1, -0.05) is 30.3 Å². The van der Waals surface area contributed by atoms with Crippen LogP contribution in [-0.2, 0) is 12.7 Å². The lowest BCUT2D eigenvalue weighted by atomic mass is 10.2. The van der Waals surface area contributed by atoms with Gasteiger partial charge in [0.15, 0.2) is 0 Å². The Balaban J connectivity index is 1.91.